The lowest BCUT2D eigenvalue weighted by molar-refractivity contribution is 0.102. The fourth-order valence-corrected chi connectivity index (χ4v) is 4.47. The normalized spacial score (nSPS) is 11.2. The minimum Gasteiger partial charge on any atom is -0.321 e. The predicted octanol–water partition coefficient (Wildman–Crippen LogP) is 4.83. The number of nitrogens with zero attached hydrogens (tertiary/aromatic N) is 1. The van der Waals surface area contributed by atoms with Crippen molar-refractivity contribution >= 4 is 27.3 Å². The molecule has 0 saturated carbocycles. The summed E-state index contributed by atoms with van der Waals surface area (Å²) in [5.41, 5.74) is 5.28. The molecule has 0 bridgehead atoms. The Bertz CT molecular complexity index is 1150. The van der Waals surface area contributed by atoms with Crippen LogP contribution in [0.4, 0.5) is 11.4 Å². The van der Waals surface area contributed by atoms with Gasteiger partial charge in [-0.1, -0.05) is 60.2 Å². The Hall–Kier alpha value is -3.12. The molecule has 3 aromatic rings. The summed E-state index contributed by atoms with van der Waals surface area (Å²) in [7, 11) is -3.61. The van der Waals surface area contributed by atoms with Gasteiger partial charge in [-0.25, -0.2) is 8.42 Å². The van der Waals surface area contributed by atoms with Crippen molar-refractivity contribution in [2.24, 2.45) is 0 Å². The van der Waals surface area contributed by atoms with Gasteiger partial charge in [0.15, 0.2) is 0 Å². The lowest BCUT2D eigenvalue weighted by Gasteiger charge is -2.25. The van der Waals surface area contributed by atoms with Gasteiger partial charge >= 0.3 is 0 Å². The van der Waals surface area contributed by atoms with E-state index in [-0.39, 0.29) is 12.5 Å². The van der Waals surface area contributed by atoms with Crippen LogP contribution in [0.1, 0.15) is 32.6 Å². The van der Waals surface area contributed by atoms with E-state index in [0.717, 1.165) is 34.2 Å². The maximum absolute atomic E-state index is 13.2. The lowest BCUT2D eigenvalue weighted by atomic mass is 10.0. The summed E-state index contributed by atoms with van der Waals surface area (Å²) in [4.78, 5) is 13.2. The van der Waals surface area contributed by atoms with Gasteiger partial charge in [-0.15, -0.1) is 0 Å². The van der Waals surface area contributed by atoms with Crippen LogP contribution in [0.3, 0.4) is 0 Å². The van der Waals surface area contributed by atoms with E-state index in [2.05, 4.69) is 5.32 Å². The lowest BCUT2D eigenvalue weighted by Crippen LogP contribution is -2.31. The average molecular weight is 423 g/mol. The Kier molecular flexibility index (Phi) is 6.27. The van der Waals surface area contributed by atoms with Crippen molar-refractivity contribution in [2.75, 3.05) is 15.9 Å². The molecule has 0 radical (unpaired) electrons. The zero-order valence-electron chi connectivity index (χ0n) is 17.6. The Morgan fingerprint density at radius 2 is 1.47 bits per heavy atom. The zero-order valence-corrected chi connectivity index (χ0v) is 18.5. The number of benzene rings is 3. The van der Waals surface area contributed by atoms with E-state index in [9.17, 15) is 13.2 Å². The number of amides is 1. The molecule has 0 fully saturated rings. The summed E-state index contributed by atoms with van der Waals surface area (Å²) >= 11 is 0. The Labute approximate surface area is 178 Å². The summed E-state index contributed by atoms with van der Waals surface area (Å²) in [6.45, 7) is 6.04. The molecule has 1 N–H and O–H groups in total. The SMILES string of the molecule is Cc1cc(C)c(NC(=O)c2ccccc2N(Cc2ccccc2)S(C)(=O)=O)c(C)c1. The second-order valence-electron chi connectivity index (χ2n) is 7.50. The molecule has 0 aliphatic heterocycles. The molecule has 6 heteroatoms. The van der Waals surface area contributed by atoms with Crippen LogP contribution in [0.2, 0.25) is 0 Å². The van der Waals surface area contributed by atoms with Crippen molar-refractivity contribution in [3.05, 3.63) is 94.5 Å². The molecule has 0 spiro atoms. The van der Waals surface area contributed by atoms with Crippen molar-refractivity contribution in [3.8, 4) is 0 Å². The van der Waals surface area contributed by atoms with Crippen LogP contribution in [0, 0.1) is 20.8 Å². The second kappa shape index (κ2) is 8.71. The maximum Gasteiger partial charge on any atom is 0.257 e. The van der Waals surface area contributed by atoms with Crippen LogP contribution < -0.4 is 9.62 Å². The number of rotatable bonds is 6. The van der Waals surface area contributed by atoms with Gasteiger partial charge in [0.05, 0.1) is 24.1 Å². The third kappa shape index (κ3) is 4.89. The van der Waals surface area contributed by atoms with Crippen molar-refractivity contribution in [2.45, 2.75) is 27.3 Å². The van der Waals surface area contributed by atoms with Crippen LogP contribution >= 0.6 is 0 Å². The number of aryl methyl sites for hydroxylation is 3. The monoisotopic (exact) mass is 422 g/mol. The summed E-state index contributed by atoms with van der Waals surface area (Å²) in [6.07, 6.45) is 1.15. The largest absolute Gasteiger partial charge is 0.321 e. The van der Waals surface area contributed by atoms with Gasteiger partial charge in [0.25, 0.3) is 5.91 Å². The summed E-state index contributed by atoms with van der Waals surface area (Å²) in [5, 5.41) is 2.97. The number of hydrogen-bond donors (Lipinski definition) is 1. The molecule has 0 saturated heterocycles. The highest BCUT2D eigenvalue weighted by Crippen LogP contribution is 2.28. The zero-order chi connectivity index (χ0) is 21.9. The van der Waals surface area contributed by atoms with Gasteiger partial charge in [-0.05, 0) is 49.6 Å². The van der Waals surface area contributed by atoms with E-state index in [1.54, 1.807) is 24.3 Å². The van der Waals surface area contributed by atoms with Gasteiger partial charge in [0.1, 0.15) is 0 Å². The first-order valence-corrected chi connectivity index (χ1v) is 11.5. The fourth-order valence-electron chi connectivity index (χ4n) is 3.57. The van der Waals surface area contributed by atoms with E-state index in [1.807, 2.05) is 63.2 Å². The molecule has 3 aromatic carbocycles. The number of nitrogens with one attached hydrogen (secondary N) is 1. The number of para-hydroxylation sites is 1. The number of carbonyl (C=O) groups excluding carboxylic acids is 1. The standard InChI is InChI=1S/C24H26N2O3S/c1-17-14-18(2)23(19(3)15-17)25-24(27)21-12-8-9-13-22(21)26(30(4,28)29)16-20-10-6-5-7-11-20/h5-15H,16H2,1-4H3,(H,25,27). The number of sulfonamides is 1. The highest BCUT2D eigenvalue weighted by Gasteiger charge is 2.24. The van der Waals surface area contributed by atoms with E-state index in [1.165, 1.54) is 4.31 Å². The summed E-state index contributed by atoms with van der Waals surface area (Å²) in [5.74, 6) is -0.345. The molecule has 0 heterocycles. The molecule has 1 amide bonds. The molecule has 0 unspecified atom stereocenters. The minimum atomic E-state index is -3.61. The van der Waals surface area contributed by atoms with Crippen LogP contribution in [0.15, 0.2) is 66.7 Å². The van der Waals surface area contributed by atoms with Gasteiger partial charge in [0, 0.05) is 5.69 Å². The molecule has 0 aromatic heterocycles. The Morgan fingerprint density at radius 1 is 0.900 bits per heavy atom. The second-order valence-corrected chi connectivity index (χ2v) is 9.41. The molecule has 0 atom stereocenters. The van der Waals surface area contributed by atoms with Crippen molar-refractivity contribution in [1.82, 2.24) is 0 Å². The number of anilines is 2. The quantitative estimate of drug-likeness (QED) is 0.619. The first-order valence-electron chi connectivity index (χ1n) is 9.66. The van der Waals surface area contributed by atoms with E-state index >= 15 is 0 Å². The van der Waals surface area contributed by atoms with Crippen LogP contribution in [-0.4, -0.2) is 20.6 Å². The van der Waals surface area contributed by atoms with Gasteiger partial charge in [-0.2, -0.15) is 0 Å². The smallest absolute Gasteiger partial charge is 0.257 e. The average Bonchev–Trinajstić information content (AvgIpc) is 2.68. The number of hydrogen-bond acceptors (Lipinski definition) is 3. The van der Waals surface area contributed by atoms with Gasteiger partial charge < -0.3 is 5.32 Å². The van der Waals surface area contributed by atoms with Crippen LogP contribution in [0.5, 0.6) is 0 Å². The minimum absolute atomic E-state index is 0.145. The first kappa shape index (κ1) is 21.6. The van der Waals surface area contributed by atoms with Crippen molar-refractivity contribution in [3.63, 3.8) is 0 Å². The third-order valence-electron chi connectivity index (χ3n) is 4.90. The molecule has 156 valence electrons. The van der Waals surface area contributed by atoms with E-state index in [0.29, 0.717) is 11.3 Å². The summed E-state index contributed by atoms with van der Waals surface area (Å²) < 4.78 is 26.5. The maximum atomic E-state index is 13.2. The van der Waals surface area contributed by atoms with Gasteiger partial charge in [0.2, 0.25) is 10.0 Å². The third-order valence-corrected chi connectivity index (χ3v) is 6.03. The number of carbonyl (C=O) groups is 1. The summed E-state index contributed by atoms with van der Waals surface area (Å²) in [6, 6.07) is 20.1. The van der Waals surface area contributed by atoms with Crippen molar-refractivity contribution in [1.29, 1.82) is 0 Å². The van der Waals surface area contributed by atoms with Crippen LogP contribution in [-0.2, 0) is 16.6 Å². The molecular weight excluding hydrogens is 396 g/mol. The van der Waals surface area contributed by atoms with E-state index in [4.69, 9.17) is 0 Å². The fraction of sp³-hybridized carbons (Fsp3) is 0.208. The predicted molar refractivity (Wildman–Crippen MR) is 123 cm³/mol. The highest BCUT2D eigenvalue weighted by atomic mass is 32.2. The van der Waals surface area contributed by atoms with Crippen LogP contribution in [0.25, 0.3) is 0 Å². The van der Waals surface area contributed by atoms with Gasteiger partial charge in [-0.3, -0.25) is 9.10 Å². The van der Waals surface area contributed by atoms with E-state index < -0.39 is 10.0 Å². The Morgan fingerprint density at radius 3 is 2.07 bits per heavy atom. The van der Waals surface area contributed by atoms with Crippen molar-refractivity contribution < 1.29 is 13.2 Å². The molecule has 3 rings (SSSR count). The highest BCUT2D eigenvalue weighted by molar-refractivity contribution is 7.92. The Balaban J connectivity index is 2.01. The molecule has 0 aliphatic carbocycles. The molecule has 0 aliphatic rings. The molecule has 5 nitrogen and oxygen atoms in total. The molecule has 30 heavy (non-hydrogen) atoms. The first-order chi connectivity index (χ1) is 14.2. The topological polar surface area (TPSA) is 66.5 Å². The molecular formula is C24H26N2O3S.